The molecule has 14 heavy (non-hydrogen) atoms. The normalized spacial score (nSPS) is 18.4. The first kappa shape index (κ1) is 6.60. The first-order valence-electron chi connectivity index (χ1n) is 5.13. The highest BCUT2D eigenvalue weighted by molar-refractivity contribution is 5.38. The van der Waals surface area contributed by atoms with Crippen molar-refractivity contribution in [1.82, 2.24) is 4.90 Å². The molecule has 0 amide bonds. The number of para-hydroxylation sites is 1. The minimum Gasteiger partial charge on any atom is -0.342 e. The Morgan fingerprint density at radius 2 is 2.43 bits per heavy atom. The van der Waals surface area contributed by atoms with Crippen LogP contribution in [0.1, 0.15) is 1.37 Å². The third kappa shape index (κ3) is 1.08. The number of hydrogen-bond donors (Lipinski definition) is 0. The molecular formula is C12H10N2. The lowest BCUT2D eigenvalue weighted by Crippen LogP contribution is -2.26. The third-order valence-corrected chi connectivity index (χ3v) is 2.43. The molecule has 0 atom stereocenters. The molecule has 0 saturated carbocycles. The molecular weight excluding hydrogens is 172 g/mol. The molecule has 2 heteroatoms. The molecule has 2 aliphatic rings. The van der Waals surface area contributed by atoms with Crippen molar-refractivity contribution >= 4 is 6.20 Å². The summed E-state index contributed by atoms with van der Waals surface area (Å²) in [7, 11) is 0. The summed E-state index contributed by atoms with van der Waals surface area (Å²) in [6.07, 6.45) is 8.09. The van der Waals surface area contributed by atoms with Crippen LogP contribution < -0.4 is 10.6 Å². The second kappa shape index (κ2) is 2.84. The van der Waals surface area contributed by atoms with E-state index in [2.05, 4.69) is 28.2 Å². The van der Waals surface area contributed by atoms with E-state index in [-0.39, 0.29) is 0 Å². The van der Waals surface area contributed by atoms with Gasteiger partial charge in [-0.25, -0.2) is 0 Å². The lowest BCUT2D eigenvalue weighted by Gasteiger charge is -2.11. The van der Waals surface area contributed by atoms with E-state index < -0.39 is 0 Å². The van der Waals surface area contributed by atoms with Gasteiger partial charge in [-0.3, -0.25) is 4.99 Å². The van der Waals surface area contributed by atoms with Crippen molar-refractivity contribution in [3.8, 4) is 0 Å². The SMILES string of the molecule is [2H]c1ccc2c(c1)=CN1CC=CC1=CN=2. The van der Waals surface area contributed by atoms with Gasteiger partial charge >= 0.3 is 0 Å². The molecule has 0 N–H and O–H groups in total. The molecule has 0 spiro atoms. The molecule has 0 unspecified atom stereocenters. The van der Waals surface area contributed by atoms with E-state index in [0.717, 1.165) is 22.8 Å². The summed E-state index contributed by atoms with van der Waals surface area (Å²) < 4.78 is 7.58. The van der Waals surface area contributed by atoms with Crippen molar-refractivity contribution in [1.29, 1.82) is 0 Å². The molecule has 0 bridgehead atoms. The van der Waals surface area contributed by atoms with E-state index in [1.807, 2.05) is 18.3 Å². The van der Waals surface area contributed by atoms with Gasteiger partial charge in [-0.1, -0.05) is 24.3 Å². The minimum absolute atomic E-state index is 0.524. The molecule has 0 radical (unpaired) electrons. The lowest BCUT2D eigenvalue weighted by atomic mass is 10.3. The maximum absolute atomic E-state index is 7.58. The zero-order chi connectivity index (χ0) is 10.3. The monoisotopic (exact) mass is 183 g/mol. The molecule has 0 saturated heterocycles. The Kier molecular flexibility index (Phi) is 1.34. The van der Waals surface area contributed by atoms with Crippen LogP contribution in [0.2, 0.25) is 0 Å². The van der Waals surface area contributed by atoms with Gasteiger partial charge in [0.25, 0.3) is 0 Å². The van der Waals surface area contributed by atoms with Gasteiger partial charge in [-0.2, -0.15) is 0 Å². The van der Waals surface area contributed by atoms with Crippen molar-refractivity contribution in [3.05, 3.63) is 58.9 Å². The van der Waals surface area contributed by atoms with E-state index in [1.54, 1.807) is 6.07 Å². The van der Waals surface area contributed by atoms with Gasteiger partial charge in [0.15, 0.2) is 0 Å². The Bertz CT molecular complexity index is 584. The molecule has 3 rings (SSSR count). The van der Waals surface area contributed by atoms with Gasteiger partial charge in [0.1, 0.15) is 0 Å². The quantitative estimate of drug-likeness (QED) is 0.580. The van der Waals surface area contributed by atoms with Gasteiger partial charge in [0, 0.05) is 18.0 Å². The van der Waals surface area contributed by atoms with E-state index >= 15 is 0 Å². The van der Waals surface area contributed by atoms with Gasteiger partial charge in [0.05, 0.1) is 18.6 Å². The van der Waals surface area contributed by atoms with Crippen molar-refractivity contribution < 1.29 is 1.37 Å². The summed E-state index contributed by atoms with van der Waals surface area (Å²) in [6, 6.07) is 6.02. The van der Waals surface area contributed by atoms with Gasteiger partial charge in [-0.15, -0.1) is 0 Å². The molecule has 68 valence electrons. The van der Waals surface area contributed by atoms with Crippen molar-refractivity contribution in [2.24, 2.45) is 4.99 Å². The lowest BCUT2D eigenvalue weighted by molar-refractivity contribution is 0.604. The zero-order valence-electron chi connectivity index (χ0n) is 8.64. The molecule has 0 aromatic heterocycles. The number of nitrogens with zero attached hydrogens (tertiary/aromatic N) is 2. The van der Waals surface area contributed by atoms with Crippen LogP contribution in [0.4, 0.5) is 0 Å². The minimum atomic E-state index is 0.524. The Morgan fingerprint density at radius 3 is 3.43 bits per heavy atom. The molecule has 2 heterocycles. The summed E-state index contributed by atoms with van der Waals surface area (Å²) in [5.74, 6) is 0. The predicted molar refractivity (Wildman–Crippen MR) is 55.6 cm³/mol. The van der Waals surface area contributed by atoms with E-state index in [4.69, 9.17) is 1.37 Å². The fourth-order valence-corrected chi connectivity index (χ4v) is 1.69. The summed E-state index contributed by atoms with van der Waals surface area (Å²) in [4.78, 5) is 6.53. The Morgan fingerprint density at radius 1 is 1.43 bits per heavy atom. The fourth-order valence-electron chi connectivity index (χ4n) is 1.69. The molecule has 2 nitrogen and oxygen atoms in total. The molecule has 2 aliphatic heterocycles. The van der Waals surface area contributed by atoms with Crippen LogP contribution in [0, 0.1) is 0 Å². The van der Waals surface area contributed by atoms with Gasteiger partial charge in [0.2, 0.25) is 0 Å². The fraction of sp³-hybridized carbons (Fsp3) is 0.0833. The number of allylic oxidation sites excluding steroid dienone is 1. The Hall–Kier alpha value is -1.83. The van der Waals surface area contributed by atoms with Crippen molar-refractivity contribution in [3.63, 3.8) is 0 Å². The van der Waals surface area contributed by atoms with Crippen LogP contribution >= 0.6 is 0 Å². The topological polar surface area (TPSA) is 15.6 Å². The average molecular weight is 183 g/mol. The van der Waals surface area contributed by atoms with Crippen LogP contribution in [-0.4, -0.2) is 11.4 Å². The van der Waals surface area contributed by atoms with Crippen molar-refractivity contribution in [2.45, 2.75) is 0 Å². The summed E-state index contributed by atoms with van der Waals surface area (Å²) >= 11 is 0. The number of benzene rings is 1. The number of hydrogen-bond acceptors (Lipinski definition) is 2. The first-order chi connectivity index (χ1) is 7.33. The van der Waals surface area contributed by atoms with Crippen molar-refractivity contribution in [2.75, 3.05) is 6.54 Å². The highest BCUT2D eigenvalue weighted by Crippen LogP contribution is 2.14. The number of rotatable bonds is 0. The van der Waals surface area contributed by atoms with E-state index in [9.17, 15) is 0 Å². The van der Waals surface area contributed by atoms with Crippen LogP contribution in [0.25, 0.3) is 6.20 Å². The van der Waals surface area contributed by atoms with Crippen LogP contribution in [0.15, 0.2) is 53.3 Å². The number of fused-ring (bicyclic) bond motifs is 2. The van der Waals surface area contributed by atoms with E-state index in [1.165, 1.54) is 0 Å². The zero-order valence-corrected chi connectivity index (χ0v) is 7.64. The van der Waals surface area contributed by atoms with Gasteiger partial charge < -0.3 is 4.90 Å². The standard InChI is InChI=1S/C12H10N2/c1-2-6-12-10(4-1)9-14-7-3-5-11(14)8-13-12/h1-6,8-9H,7H2/i1D. The molecule has 0 fully saturated rings. The molecule has 1 aromatic rings. The highest BCUT2D eigenvalue weighted by Gasteiger charge is 2.09. The average Bonchev–Trinajstić information content (AvgIpc) is 2.58. The second-order valence-corrected chi connectivity index (χ2v) is 3.35. The largest absolute Gasteiger partial charge is 0.342 e. The molecule has 1 aromatic carbocycles. The summed E-state index contributed by atoms with van der Waals surface area (Å²) in [6.45, 7) is 0.892. The summed E-state index contributed by atoms with van der Waals surface area (Å²) in [5, 5.41) is 1.94. The maximum atomic E-state index is 7.58. The van der Waals surface area contributed by atoms with Crippen LogP contribution in [0.3, 0.4) is 0 Å². The maximum Gasteiger partial charge on any atom is 0.0717 e. The smallest absolute Gasteiger partial charge is 0.0717 e. The van der Waals surface area contributed by atoms with Crippen LogP contribution in [-0.2, 0) is 0 Å². The summed E-state index contributed by atoms with van der Waals surface area (Å²) in [5.41, 5.74) is 1.11. The van der Waals surface area contributed by atoms with Crippen LogP contribution in [0.5, 0.6) is 0 Å². The highest BCUT2D eigenvalue weighted by atomic mass is 15.1. The predicted octanol–water partition coefficient (Wildman–Crippen LogP) is 0.771. The Labute approximate surface area is 83.6 Å². The van der Waals surface area contributed by atoms with E-state index in [0.29, 0.717) is 6.04 Å². The third-order valence-electron chi connectivity index (χ3n) is 2.43. The second-order valence-electron chi connectivity index (χ2n) is 3.35. The first-order valence-corrected chi connectivity index (χ1v) is 4.63. The van der Waals surface area contributed by atoms with Gasteiger partial charge in [-0.05, 0) is 12.1 Å². The molecule has 0 aliphatic carbocycles. The Balaban J connectivity index is 2.28.